The number of hydrogen-bond acceptors (Lipinski definition) is 3. The average molecular weight is 518 g/mol. The maximum atomic E-state index is 12.3. The molecule has 4 rings (SSSR count). The molecule has 1 heterocycles. The summed E-state index contributed by atoms with van der Waals surface area (Å²) in [5.41, 5.74) is 5.31. The number of nitrogens with zero attached hydrogens (tertiary/aromatic N) is 2. The molecule has 0 radical (unpaired) electrons. The van der Waals surface area contributed by atoms with Gasteiger partial charge in [0.2, 0.25) is 0 Å². The fraction of sp³-hybridized carbons (Fsp3) is 0.355. The number of aromatic nitrogens is 2. The molecule has 0 fully saturated rings. The molecule has 0 unspecified atom stereocenters. The van der Waals surface area contributed by atoms with Crippen LogP contribution in [0, 0.1) is 13.8 Å². The Morgan fingerprint density at radius 2 is 1.73 bits per heavy atom. The van der Waals surface area contributed by atoms with Gasteiger partial charge in [-0.25, -0.2) is 4.98 Å². The Hall–Kier alpha value is -3.31. The lowest BCUT2D eigenvalue weighted by molar-refractivity contribution is 0.0953. The Kier molecular flexibility index (Phi) is 9.61. The van der Waals surface area contributed by atoms with Crippen molar-refractivity contribution < 1.29 is 9.53 Å². The highest BCUT2D eigenvalue weighted by molar-refractivity contribution is 6.30. The van der Waals surface area contributed by atoms with Crippen LogP contribution in [0.4, 0.5) is 0 Å². The smallest absolute Gasteiger partial charge is 0.251 e. The summed E-state index contributed by atoms with van der Waals surface area (Å²) < 4.78 is 8.36. The molecule has 1 aromatic heterocycles. The van der Waals surface area contributed by atoms with Gasteiger partial charge in [-0.05, 0) is 93.1 Å². The molecule has 0 aliphatic carbocycles. The standard InChI is InChI=1S/C31H36ClN3O2/c1-23-19-24(2)21-27(20-23)37-18-9-8-17-35-29-14-6-5-13-28(29)34-30(35)15-4-3-7-16-33-31(36)25-11-10-12-26(32)22-25/h5-6,10-14,19-22H,3-4,7-9,15-18H2,1-2H3,(H,33,36). The fourth-order valence-electron chi connectivity index (χ4n) is 4.66. The Balaban J connectivity index is 1.22. The minimum absolute atomic E-state index is 0.0780. The molecule has 0 aliphatic rings. The van der Waals surface area contributed by atoms with E-state index in [0.29, 0.717) is 23.7 Å². The lowest BCUT2D eigenvalue weighted by atomic mass is 10.1. The van der Waals surface area contributed by atoms with Gasteiger partial charge in [-0.15, -0.1) is 0 Å². The largest absolute Gasteiger partial charge is 0.494 e. The van der Waals surface area contributed by atoms with Gasteiger partial charge in [0.25, 0.3) is 5.91 Å². The zero-order chi connectivity index (χ0) is 26.0. The summed E-state index contributed by atoms with van der Waals surface area (Å²) in [6.07, 6.45) is 5.95. The first kappa shape index (κ1) is 26.7. The van der Waals surface area contributed by atoms with Crippen molar-refractivity contribution in [3.8, 4) is 5.75 Å². The number of nitrogens with one attached hydrogen (secondary N) is 1. The zero-order valence-electron chi connectivity index (χ0n) is 21.8. The van der Waals surface area contributed by atoms with E-state index in [1.165, 1.54) is 16.6 Å². The number of rotatable bonds is 13. The van der Waals surface area contributed by atoms with Gasteiger partial charge in [-0.2, -0.15) is 0 Å². The maximum Gasteiger partial charge on any atom is 0.251 e. The van der Waals surface area contributed by atoms with E-state index in [1.54, 1.807) is 24.3 Å². The van der Waals surface area contributed by atoms with E-state index in [1.807, 2.05) is 6.07 Å². The van der Waals surface area contributed by atoms with Crippen molar-refractivity contribution in [1.29, 1.82) is 0 Å². The van der Waals surface area contributed by atoms with Crippen LogP contribution in [0.5, 0.6) is 5.75 Å². The van der Waals surface area contributed by atoms with Crippen LogP contribution in [0.25, 0.3) is 11.0 Å². The van der Waals surface area contributed by atoms with Gasteiger partial charge in [0.1, 0.15) is 11.6 Å². The number of hydrogen-bond donors (Lipinski definition) is 1. The predicted octanol–water partition coefficient (Wildman–Crippen LogP) is 7.31. The number of imidazole rings is 1. The third-order valence-electron chi connectivity index (χ3n) is 6.42. The molecule has 0 aliphatic heterocycles. The number of halogens is 1. The van der Waals surface area contributed by atoms with Gasteiger partial charge in [-0.3, -0.25) is 4.79 Å². The number of benzene rings is 3. The molecule has 37 heavy (non-hydrogen) atoms. The van der Waals surface area contributed by atoms with Crippen LogP contribution in [-0.4, -0.2) is 28.6 Å². The van der Waals surface area contributed by atoms with Gasteiger partial charge in [0.05, 0.1) is 17.6 Å². The second-order valence-corrected chi connectivity index (χ2v) is 10.1. The monoisotopic (exact) mass is 517 g/mol. The highest BCUT2D eigenvalue weighted by Crippen LogP contribution is 2.20. The van der Waals surface area contributed by atoms with E-state index < -0.39 is 0 Å². The predicted molar refractivity (Wildman–Crippen MR) is 152 cm³/mol. The Bertz CT molecular complexity index is 1310. The summed E-state index contributed by atoms with van der Waals surface area (Å²) in [6.45, 7) is 6.50. The van der Waals surface area contributed by atoms with Gasteiger partial charge < -0.3 is 14.6 Å². The first-order valence-electron chi connectivity index (χ1n) is 13.2. The number of fused-ring (bicyclic) bond motifs is 1. The van der Waals surface area contributed by atoms with E-state index >= 15 is 0 Å². The van der Waals surface area contributed by atoms with E-state index in [0.717, 1.165) is 62.2 Å². The number of carbonyl (C=O) groups excluding carboxylic acids is 1. The summed E-state index contributed by atoms with van der Waals surface area (Å²) >= 11 is 5.98. The third kappa shape index (κ3) is 7.83. The van der Waals surface area contributed by atoms with Crippen molar-refractivity contribution in [2.24, 2.45) is 0 Å². The van der Waals surface area contributed by atoms with Crippen LogP contribution in [-0.2, 0) is 13.0 Å². The quantitative estimate of drug-likeness (QED) is 0.189. The van der Waals surface area contributed by atoms with Gasteiger partial charge >= 0.3 is 0 Å². The number of ether oxygens (including phenoxy) is 1. The van der Waals surface area contributed by atoms with Crippen molar-refractivity contribution in [2.45, 2.75) is 58.9 Å². The number of unbranched alkanes of at least 4 members (excludes halogenated alkanes) is 3. The molecular formula is C31H36ClN3O2. The molecule has 0 atom stereocenters. The summed E-state index contributed by atoms with van der Waals surface area (Å²) in [6, 6.07) is 21.8. The van der Waals surface area contributed by atoms with E-state index in [4.69, 9.17) is 21.3 Å². The second-order valence-electron chi connectivity index (χ2n) is 9.62. The summed E-state index contributed by atoms with van der Waals surface area (Å²) in [4.78, 5) is 17.2. The zero-order valence-corrected chi connectivity index (χ0v) is 22.6. The van der Waals surface area contributed by atoms with Crippen LogP contribution >= 0.6 is 11.6 Å². The molecule has 0 bridgehead atoms. The van der Waals surface area contributed by atoms with Crippen LogP contribution in [0.3, 0.4) is 0 Å². The first-order valence-corrected chi connectivity index (χ1v) is 13.6. The Morgan fingerprint density at radius 1 is 0.919 bits per heavy atom. The minimum atomic E-state index is -0.0780. The van der Waals surface area contributed by atoms with Gasteiger partial charge in [-0.1, -0.05) is 42.3 Å². The molecule has 5 nitrogen and oxygen atoms in total. The van der Waals surface area contributed by atoms with E-state index in [9.17, 15) is 4.79 Å². The molecule has 0 saturated carbocycles. The molecule has 6 heteroatoms. The number of carbonyl (C=O) groups is 1. The van der Waals surface area contributed by atoms with E-state index in [2.05, 4.69) is 60.1 Å². The second kappa shape index (κ2) is 13.3. The highest BCUT2D eigenvalue weighted by atomic mass is 35.5. The molecule has 3 aromatic carbocycles. The Labute approximate surface area is 224 Å². The average Bonchev–Trinajstić information content (AvgIpc) is 3.22. The minimum Gasteiger partial charge on any atom is -0.494 e. The molecule has 0 saturated heterocycles. The lowest BCUT2D eigenvalue weighted by Gasteiger charge is -2.11. The molecule has 194 valence electrons. The van der Waals surface area contributed by atoms with Crippen molar-refractivity contribution in [3.05, 3.63) is 94.3 Å². The van der Waals surface area contributed by atoms with Crippen LogP contribution in [0.2, 0.25) is 5.02 Å². The molecule has 1 amide bonds. The number of aryl methyl sites for hydroxylation is 4. The van der Waals surface area contributed by atoms with Crippen LogP contribution in [0.15, 0.2) is 66.7 Å². The van der Waals surface area contributed by atoms with Crippen molar-refractivity contribution in [2.75, 3.05) is 13.2 Å². The summed E-state index contributed by atoms with van der Waals surface area (Å²) in [5, 5.41) is 3.56. The normalized spacial score (nSPS) is 11.1. The topological polar surface area (TPSA) is 56.1 Å². The lowest BCUT2D eigenvalue weighted by Crippen LogP contribution is -2.24. The van der Waals surface area contributed by atoms with Crippen molar-refractivity contribution in [3.63, 3.8) is 0 Å². The molecule has 1 N–H and O–H groups in total. The SMILES string of the molecule is Cc1cc(C)cc(OCCCCn2c(CCCCCNC(=O)c3cccc(Cl)c3)nc3ccccc32)c1. The molecule has 4 aromatic rings. The van der Waals surface area contributed by atoms with Gasteiger partial charge in [0, 0.05) is 30.1 Å². The summed E-state index contributed by atoms with van der Waals surface area (Å²) in [7, 11) is 0. The van der Waals surface area contributed by atoms with Crippen LogP contribution in [0.1, 0.15) is 59.4 Å². The highest BCUT2D eigenvalue weighted by Gasteiger charge is 2.10. The fourth-order valence-corrected chi connectivity index (χ4v) is 4.85. The van der Waals surface area contributed by atoms with Crippen molar-refractivity contribution >= 4 is 28.5 Å². The summed E-state index contributed by atoms with van der Waals surface area (Å²) in [5.74, 6) is 2.01. The third-order valence-corrected chi connectivity index (χ3v) is 6.66. The number of amides is 1. The maximum absolute atomic E-state index is 12.3. The van der Waals surface area contributed by atoms with Crippen molar-refractivity contribution in [1.82, 2.24) is 14.9 Å². The van der Waals surface area contributed by atoms with E-state index in [-0.39, 0.29) is 5.91 Å². The Morgan fingerprint density at radius 3 is 2.54 bits per heavy atom. The van der Waals surface area contributed by atoms with Gasteiger partial charge in [0.15, 0.2) is 0 Å². The number of para-hydroxylation sites is 2. The van der Waals surface area contributed by atoms with Crippen LogP contribution < -0.4 is 10.1 Å². The molecule has 0 spiro atoms. The first-order chi connectivity index (χ1) is 18.0. The molecular weight excluding hydrogens is 482 g/mol.